The molecule has 8 nitrogen and oxygen atoms in total. The first-order valence-electron chi connectivity index (χ1n) is 8.73. The molecule has 0 radical (unpaired) electrons. The molecule has 1 aromatic carbocycles. The van der Waals surface area contributed by atoms with Gasteiger partial charge in [0.2, 0.25) is 0 Å². The number of nitrogens with one attached hydrogen (secondary N) is 1. The first-order chi connectivity index (χ1) is 12.8. The number of H-pyrrole nitrogens is 1. The Balaban J connectivity index is 1.73. The van der Waals surface area contributed by atoms with Crippen molar-refractivity contribution in [3.63, 3.8) is 0 Å². The molecule has 3 rings (SSSR count). The maximum absolute atomic E-state index is 12.2. The Bertz CT molecular complexity index is 757. The molecule has 0 spiro atoms. The fraction of sp³-hybridized carbons (Fsp3) is 0.556. The number of aromatic amines is 1. The maximum atomic E-state index is 12.2. The van der Waals surface area contributed by atoms with Crippen molar-refractivity contribution in [3.05, 3.63) is 28.8 Å². The molecule has 0 amide bonds. The van der Waals surface area contributed by atoms with Gasteiger partial charge in [0.15, 0.2) is 0 Å². The molecule has 1 aromatic heterocycles. The van der Waals surface area contributed by atoms with Crippen molar-refractivity contribution in [2.24, 2.45) is 0 Å². The smallest absolute Gasteiger partial charge is 0.262 e. The van der Waals surface area contributed by atoms with Gasteiger partial charge in [-0.15, -0.1) is 0 Å². The van der Waals surface area contributed by atoms with Gasteiger partial charge < -0.3 is 28.7 Å². The third kappa shape index (κ3) is 4.94. The van der Waals surface area contributed by atoms with Gasteiger partial charge in [0.1, 0.15) is 29.6 Å². The molecule has 2 aromatic rings. The second-order valence-electron chi connectivity index (χ2n) is 5.93. The summed E-state index contributed by atoms with van der Waals surface area (Å²) in [5, 5.41) is 0.433. The molecule has 0 aliphatic carbocycles. The van der Waals surface area contributed by atoms with Gasteiger partial charge in [-0.05, 0) is 0 Å². The van der Waals surface area contributed by atoms with Gasteiger partial charge in [0.25, 0.3) is 5.56 Å². The third-order valence-electron chi connectivity index (χ3n) is 4.07. The number of aromatic nitrogens is 2. The number of fused-ring (bicyclic) bond motifs is 1. The minimum Gasteiger partial charge on any atom is -0.491 e. The molecule has 8 heteroatoms. The van der Waals surface area contributed by atoms with E-state index in [2.05, 4.69) is 9.97 Å². The van der Waals surface area contributed by atoms with Crippen LogP contribution in [-0.4, -0.2) is 62.8 Å². The lowest BCUT2D eigenvalue weighted by atomic mass is 10.1. The van der Waals surface area contributed by atoms with E-state index in [1.54, 1.807) is 19.2 Å². The van der Waals surface area contributed by atoms with Gasteiger partial charge in [0, 0.05) is 32.1 Å². The molecule has 1 aliphatic heterocycles. The van der Waals surface area contributed by atoms with Crippen LogP contribution in [0.15, 0.2) is 23.3 Å². The zero-order valence-corrected chi connectivity index (χ0v) is 14.9. The van der Waals surface area contributed by atoms with Crippen molar-refractivity contribution in [1.82, 2.24) is 9.97 Å². The highest BCUT2D eigenvalue weighted by molar-refractivity contribution is 5.85. The molecule has 0 atom stereocenters. The summed E-state index contributed by atoms with van der Waals surface area (Å²) in [6, 6.07) is 3.47. The number of nitrogens with zero attached hydrogens (tertiary/aromatic N) is 1. The van der Waals surface area contributed by atoms with Crippen LogP contribution in [-0.2, 0) is 14.2 Å². The lowest BCUT2D eigenvalue weighted by Gasteiger charge is -2.24. The Morgan fingerprint density at radius 1 is 1.19 bits per heavy atom. The van der Waals surface area contributed by atoms with Gasteiger partial charge in [-0.2, -0.15) is 0 Å². The van der Waals surface area contributed by atoms with E-state index in [1.807, 2.05) is 0 Å². The lowest BCUT2D eigenvalue weighted by molar-refractivity contribution is 0.0260. The van der Waals surface area contributed by atoms with Crippen molar-refractivity contribution >= 4 is 10.9 Å². The number of rotatable bonds is 9. The van der Waals surface area contributed by atoms with E-state index in [-0.39, 0.29) is 11.7 Å². The Morgan fingerprint density at radius 2 is 2.00 bits per heavy atom. The quantitative estimate of drug-likeness (QED) is 0.675. The summed E-state index contributed by atoms with van der Waals surface area (Å²) in [6.07, 6.45) is 2.97. The molecular weight excluding hydrogens is 340 g/mol. The summed E-state index contributed by atoms with van der Waals surface area (Å²) in [4.78, 5) is 19.1. The van der Waals surface area contributed by atoms with Gasteiger partial charge in [-0.25, -0.2) is 4.98 Å². The van der Waals surface area contributed by atoms with E-state index < -0.39 is 0 Å². The fourth-order valence-corrected chi connectivity index (χ4v) is 2.75. The molecule has 26 heavy (non-hydrogen) atoms. The average molecular weight is 364 g/mol. The van der Waals surface area contributed by atoms with Gasteiger partial charge >= 0.3 is 0 Å². The van der Waals surface area contributed by atoms with E-state index in [9.17, 15) is 4.79 Å². The highest BCUT2D eigenvalue weighted by Crippen LogP contribution is 2.30. The molecule has 1 aliphatic rings. The van der Waals surface area contributed by atoms with E-state index in [0.29, 0.717) is 62.0 Å². The summed E-state index contributed by atoms with van der Waals surface area (Å²) in [5.74, 6) is 1.08. The van der Waals surface area contributed by atoms with Crippen LogP contribution in [0, 0.1) is 0 Å². The SMILES string of the molecule is COCCOCCOc1cc(OC2CCOCC2)c2c(=O)[nH]cnc2c1. The number of hydrogen-bond donors (Lipinski definition) is 1. The molecule has 2 heterocycles. The van der Waals surface area contributed by atoms with Crippen molar-refractivity contribution in [2.45, 2.75) is 18.9 Å². The van der Waals surface area contributed by atoms with Crippen molar-refractivity contribution in [1.29, 1.82) is 0 Å². The minimum atomic E-state index is -0.230. The van der Waals surface area contributed by atoms with Crippen LogP contribution in [0.4, 0.5) is 0 Å². The number of ether oxygens (including phenoxy) is 5. The number of methoxy groups -OCH3 is 1. The van der Waals surface area contributed by atoms with Crippen molar-refractivity contribution < 1.29 is 23.7 Å². The normalized spacial score (nSPS) is 15.3. The lowest BCUT2D eigenvalue weighted by Crippen LogP contribution is -2.26. The third-order valence-corrected chi connectivity index (χ3v) is 4.07. The first kappa shape index (κ1) is 18.6. The Morgan fingerprint density at radius 3 is 2.81 bits per heavy atom. The predicted molar refractivity (Wildman–Crippen MR) is 95.0 cm³/mol. The molecule has 0 saturated carbocycles. The Kier molecular flexibility index (Phi) is 6.82. The maximum Gasteiger partial charge on any atom is 0.262 e. The van der Waals surface area contributed by atoms with Crippen LogP contribution in [0.25, 0.3) is 10.9 Å². The fourth-order valence-electron chi connectivity index (χ4n) is 2.75. The molecule has 1 saturated heterocycles. The molecular formula is C18H24N2O6. The summed E-state index contributed by atoms with van der Waals surface area (Å²) < 4.78 is 27.5. The van der Waals surface area contributed by atoms with Crippen LogP contribution in [0.2, 0.25) is 0 Å². The van der Waals surface area contributed by atoms with Crippen molar-refractivity contribution in [3.8, 4) is 11.5 Å². The summed E-state index contributed by atoms with van der Waals surface area (Å²) in [7, 11) is 1.63. The number of benzene rings is 1. The van der Waals surface area contributed by atoms with Crippen LogP contribution in [0.3, 0.4) is 0 Å². The van der Waals surface area contributed by atoms with Crippen molar-refractivity contribution in [2.75, 3.05) is 46.8 Å². The molecule has 1 fully saturated rings. The highest BCUT2D eigenvalue weighted by Gasteiger charge is 2.19. The average Bonchev–Trinajstić information content (AvgIpc) is 2.65. The van der Waals surface area contributed by atoms with E-state index in [0.717, 1.165) is 12.8 Å². The summed E-state index contributed by atoms with van der Waals surface area (Å²) >= 11 is 0. The monoisotopic (exact) mass is 364 g/mol. The zero-order chi connectivity index (χ0) is 18.2. The van der Waals surface area contributed by atoms with E-state index >= 15 is 0 Å². The largest absolute Gasteiger partial charge is 0.491 e. The molecule has 0 bridgehead atoms. The number of hydrogen-bond acceptors (Lipinski definition) is 7. The van der Waals surface area contributed by atoms with E-state index in [4.69, 9.17) is 23.7 Å². The van der Waals surface area contributed by atoms with Crippen LogP contribution in [0.5, 0.6) is 11.5 Å². The topological polar surface area (TPSA) is 91.9 Å². The Labute approximate surface area is 151 Å². The Hall–Kier alpha value is -2.16. The highest BCUT2D eigenvalue weighted by atomic mass is 16.5. The first-order valence-corrected chi connectivity index (χ1v) is 8.73. The minimum absolute atomic E-state index is 0.0131. The summed E-state index contributed by atoms with van der Waals surface area (Å²) in [5.41, 5.74) is 0.306. The second-order valence-corrected chi connectivity index (χ2v) is 5.93. The molecule has 0 unspecified atom stereocenters. The van der Waals surface area contributed by atoms with Gasteiger partial charge in [-0.3, -0.25) is 4.79 Å². The summed E-state index contributed by atoms with van der Waals surface area (Å²) in [6.45, 7) is 3.21. The van der Waals surface area contributed by atoms with Crippen LogP contribution >= 0.6 is 0 Å². The zero-order valence-electron chi connectivity index (χ0n) is 14.9. The van der Waals surface area contributed by atoms with Crippen LogP contribution < -0.4 is 15.0 Å². The molecule has 1 N–H and O–H groups in total. The van der Waals surface area contributed by atoms with Gasteiger partial charge in [0.05, 0.1) is 44.9 Å². The standard InChI is InChI=1S/C18H24N2O6/c1-22-6-7-24-8-9-25-14-10-15-17(18(21)20-12-19-15)16(11-14)26-13-2-4-23-5-3-13/h10-13H,2-9H2,1H3,(H,19,20,21). The second kappa shape index (κ2) is 9.51. The van der Waals surface area contributed by atoms with E-state index in [1.165, 1.54) is 6.33 Å². The van der Waals surface area contributed by atoms with Crippen LogP contribution in [0.1, 0.15) is 12.8 Å². The predicted octanol–water partition coefficient (Wildman–Crippen LogP) is 1.52. The van der Waals surface area contributed by atoms with Gasteiger partial charge in [-0.1, -0.05) is 0 Å². The molecule has 142 valence electrons.